The zero-order valence-corrected chi connectivity index (χ0v) is 11.9. The molecule has 1 saturated carbocycles. The Labute approximate surface area is 123 Å². The highest BCUT2D eigenvalue weighted by atomic mass is 16.6. The number of nitro benzene ring substituents is 1. The average molecular weight is 288 g/mol. The second-order valence-corrected chi connectivity index (χ2v) is 6.08. The van der Waals surface area contributed by atoms with Crippen molar-refractivity contribution >= 4 is 5.69 Å². The number of hydrogen-bond donors (Lipinski definition) is 2. The molecule has 0 radical (unpaired) electrons. The van der Waals surface area contributed by atoms with Gasteiger partial charge in [-0.25, -0.2) is 0 Å². The Morgan fingerprint density at radius 2 is 2.10 bits per heavy atom. The van der Waals surface area contributed by atoms with Gasteiger partial charge in [-0.3, -0.25) is 10.1 Å². The summed E-state index contributed by atoms with van der Waals surface area (Å²) in [5.74, 6) is 1.16. The number of allylic oxidation sites excluding steroid dienone is 2. The SMILES string of the molecule is O=[N+]([O-])c1ccc(C23C=CC(C2)C(CNCCO)C3)cc1. The van der Waals surface area contributed by atoms with Crippen LogP contribution in [0.4, 0.5) is 5.69 Å². The van der Waals surface area contributed by atoms with Crippen LogP contribution in [0, 0.1) is 22.0 Å². The molecular formula is C16H20N2O3. The molecule has 5 heteroatoms. The van der Waals surface area contributed by atoms with Crippen molar-refractivity contribution in [1.29, 1.82) is 0 Å². The largest absolute Gasteiger partial charge is 0.395 e. The first-order valence-corrected chi connectivity index (χ1v) is 7.40. The van der Waals surface area contributed by atoms with Gasteiger partial charge in [0.15, 0.2) is 0 Å². The summed E-state index contributed by atoms with van der Waals surface area (Å²) in [4.78, 5) is 10.4. The van der Waals surface area contributed by atoms with Gasteiger partial charge in [0, 0.05) is 24.1 Å². The maximum absolute atomic E-state index is 10.8. The fourth-order valence-corrected chi connectivity index (χ4v) is 3.80. The molecule has 2 bridgehead atoms. The molecule has 0 aromatic heterocycles. The third-order valence-electron chi connectivity index (χ3n) is 4.84. The molecule has 3 unspecified atom stereocenters. The minimum Gasteiger partial charge on any atom is -0.395 e. The highest BCUT2D eigenvalue weighted by Gasteiger charge is 2.47. The van der Waals surface area contributed by atoms with Crippen molar-refractivity contribution in [1.82, 2.24) is 5.32 Å². The molecule has 0 spiro atoms. The van der Waals surface area contributed by atoms with Gasteiger partial charge in [0.05, 0.1) is 11.5 Å². The standard InChI is InChI=1S/C16H20N2O3/c19-8-7-17-11-13-10-16(6-5-12(13)9-16)14-1-3-15(4-2-14)18(20)21/h1-6,12-13,17,19H,7-11H2. The number of rotatable bonds is 6. The quantitative estimate of drug-likeness (QED) is 0.363. The number of aliphatic hydroxyl groups excluding tert-OH is 1. The Kier molecular flexibility index (Phi) is 3.78. The predicted molar refractivity (Wildman–Crippen MR) is 80.1 cm³/mol. The summed E-state index contributed by atoms with van der Waals surface area (Å²) in [6, 6.07) is 6.99. The van der Waals surface area contributed by atoms with Crippen molar-refractivity contribution < 1.29 is 10.0 Å². The Morgan fingerprint density at radius 3 is 2.76 bits per heavy atom. The molecule has 1 aromatic carbocycles. The molecule has 3 atom stereocenters. The van der Waals surface area contributed by atoms with Gasteiger partial charge in [0.1, 0.15) is 0 Å². The lowest BCUT2D eigenvalue weighted by Crippen LogP contribution is -2.29. The molecule has 2 aliphatic rings. The van der Waals surface area contributed by atoms with Gasteiger partial charge in [-0.1, -0.05) is 24.3 Å². The van der Waals surface area contributed by atoms with Crippen LogP contribution in [0.3, 0.4) is 0 Å². The highest BCUT2D eigenvalue weighted by molar-refractivity contribution is 5.42. The second-order valence-electron chi connectivity index (χ2n) is 6.08. The first kappa shape index (κ1) is 14.2. The summed E-state index contributed by atoms with van der Waals surface area (Å²) >= 11 is 0. The van der Waals surface area contributed by atoms with Crippen LogP contribution in [0.15, 0.2) is 36.4 Å². The molecule has 21 heavy (non-hydrogen) atoms. The lowest BCUT2D eigenvalue weighted by atomic mass is 9.78. The minimum absolute atomic E-state index is 0.0470. The smallest absolute Gasteiger partial charge is 0.269 e. The third kappa shape index (κ3) is 2.59. The lowest BCUT2D eigenvalue weighted by Gasteiger charge is -2.27. The van der Waals surface area contributed by atoms with Crippen LogP contribution in [0.2, 0.25) is 0 Å². The normalized spacial score (nSPS) is 30.0. The molecule has 112 valence electrons. The fraction of sp³-hybridized carbons (Fsp3) is 0.500. The monoisotopic (exact) mass is 288 g/mol. The molecular weight excluding hydrogens is 268 g/mol. The molecule has 1 fully saturated rings. The van der Waals surface area contributed by atoms with E-state index in [-0.39, 0.29) is 22.6 Å². The van der Waals surface area contributed by atoms with Crippen molar-refractivity contribution in [3.63, 3.8) is 0 Å². The highest BCUT2D eigenvalue weighted by Crippen LogP contribution is 2.53. The molecule has 2 aliphatic carbocycles. The molecule has 3 rings (SSSR count). The van der Waals surface area contributed by atoms with Gasteiger partial charge in [0.25, 0.3) is 5.69 Å². The van der Waals surface area contributed by atoms with Gasteiger partial charge < -0.3 is 10.4 Å². The van der Waals surface area contributed by atoms with Crippen LogP contribution < -0.4 is 5.32 Å². The molecule has 0 saturated heterocycles. The van der Waals surface area contributed by atoms with Crippen LogP contribution in [0.1, 0.15) is 18.4 Å². The molecule has 2 N–H and O–H groups in total. The minimum atomic E-state index is -0.356. The van der Waals surface area contributed by atoms with E-state index in [1.807, 2.05) is 12.1 Å². The van der Waals surface area contributed by atoms with E-state index in [0.717, 1.165) is 19.4 Å². The number of nitro groups is 1. The van der Waals surface area contributed by atoms with E-state index in [9.17, 15) is 10.1 Å². The van der Waals surface area contributed by atoms with Gasteiger partial charge in [0.2, 0.25) is 0 Å². The first-order chi connectivity index (χ1) is 10.1. The number of benzene rings is 1. The van der Waals surface area contributed by atoms with Crippen molar-refractivity contribution in [2.75, 3.05) is 19.7 Å². The zero-order valence-electron chi connectivity index (χ0n) is 11.9. The zero-order chi connectivity index (χ0) is 14.9. The van der Waals surface area contributed by atoms with Crippen molar-refractivity contribution in [2.24, 2.45) is 11.8 Å². The molecule has 5 nitrogen and oxygen atoms in total. The van der Waals surface area contributed by atoms with E-state index < -0.39 is 0 Å². The summed E-state index contributed by atoms with van der Waals surface area (Å²) < 4.78 is 0. The molecule has 1 aromatic rings. The fourth-order valence-electron chi connectivity index (χ4n) is 3.80. The third-order valence-corrected chi connectivity index (χ3v) is 4.84. The Morgan fingerprint density at radius 1 is 1.33 bits per heavy atom. The number of nitrogens with zero attached hydrogens (tertiary/aromatic N) is 1. The van der Waals surface area contributed by atoms with Gasteiger partial charge in [-0.2, -0.15) is 0 Å². The Hall–Kier alpha value is -1.72. The Balaban J connectivity index is 1.73. The van der Waals surface area contributed by atoms with Crippen LogP contribution in [0.25, 0.3) is 0 Å². The van der Waals surface area contributed by atoms with Crippen molar-refractivity contribution in [3.05, 3.63) is 52.1 Å². The van der Waals surface area contributed by atoms with Crippen LogP contribution in [-0.2, 0) is 5.41 Å². The van der Waals surface area contributed by atoms with Crippen LogP contribution >= 0.6 is 0 Å². The number of aliphatic hydroxyl groups is 1. The summed E-state index contributed by atoms with van der Waals surface area (Å²) in [6.45, 7) is 1.72. The number of hydrogen-bond acceptors (Lipinski definition) is 4. The molecule has 0 amide bonds. The number of non-ortho nitro benzene ring substituents is 1. The maximum atomic E-state index is 10.8. The summed E-state index contributed by atoms with van der Waals surface area (Å²) in [5, 5.41) is 22.9. The van der Waals surface area contributed by atoms with Crippen LogP contribution in [0.5, 0.6) is 0 Å². The number of nitrogens with one attached hydrogen (secondary N) is 1. The predicted octanol–water partition coefficient (Wildman–Crippen LogP) is 2.01. The Bertz CT molecular complexity index is 555. The van der Waals surface area contributed by atoms with E-state index in [1.165, 1.54) is 5.56 Å². The van der Waals surface area contributed by atoms with Gasteiger partial charge in [-0.15, -0.1) is 0 Å². The molecule has 0 heterocycles. The summed E-state index contributed by atoms with van der Waals surface area (Å²) in [5.41, 5.74) is 1.37. The first-order valence-electron chi connectivity index (χ1n) is 7.40. The van der Waals surface area contributed by atoms with Gasteiger partial charge in [-0.05, 0) is 36.8 Å². The lowest BCUT2D eigenvalue weighted by molar-refractivity contribution is -0.384. The van der Waals surface area contributed by atoms with Crippen molar-refractivity contribution in [2.45, 2.75) is 18.3 Å². The van der Waals surface area contributed by atoms with Crippen LogP contribution in [-0.4, -0.2) is 29.7 Å². The molecule has 0 aliphatic heterocycles. The van der Waals surface area contributed by atoms with E-state index in [4.69, 9.17) is 5.11 Å². The van der Waals surface area contributed by atoms with E-state index >= 15 is 0 Å². The summed E-state index contributed by atoms with van der Waals surface area (Å²) in [7, 11) is 0. The van der Waals surface area contributed by atoms with E-state index in [0.29, 0.717) is 18.4 Å². The van der Waals surface area contributed by atoms with E-state index in [2.05, 4.69) is 17.5 Å². The average Bonchev–Trinajstić information content (AvgIpc) is 3.07. The maximum Gasteiger partial charge on any atom is 0.269 e. The van der Waals surface area contributed by atoms with E-state index in [1.54, 1.807) is 12.1 Å². The second kappa shape index (κ2) is 5.58. The summed E-state index contributed by atoms with van der Waals surface area (Å²) in [6.07, 6.45) is 6.73. The van der Waals surface area contributed by atoms with Crippen molar-refractivity contribution in [3.8, 4) is 0 Å². The topological polar surface area (TPSA) is 75.4 Å². The number of fused-ring (bicyclic) bond motifs is 2. The van der Waals surface area contributed by atoms with Gasteiger partial charge >= 0.3 is 0 Å².